The summed E-state index contributed by atoms with van der Waals surface area (Å²) in [6.45, 7) is 4.73. The molecule has 1 aromatic heterocycles. The smallest absolute Gasteiger partial charge is 0.315 e. The van der Waals surface area contributed by atoms with Gasteiger partial charge in [0, 0.05) is 52.0 Å². The van der Waals surface area contributed by atoms with E-state index in [1.54, 1.807) is 6.20 Å². The van der Waals surface area contributed by atoms with Crippen LogP contribution in [0.5, 0.6) is 0 Å². The lowest BCUT2D eigenvalue weighted by molar-refractivity contribution is -0.0357. The van der Waals surface area contributed by atoms with Crippen LogP contribution in [-0.4, -0.2) is 68.4 Å². The van der Waals surface area contributed by atoms with Crippen LogP contribution in [0.25, 0.3) is 0 Å². The molecule has 0 unspecified atom stereocenters. The molecule has 2 fully saturated rings. The molecule has 1 saturated carbocycles. The summed E-state index contributed by atoms with van der Waals surface area (Å²) in [5, 5.41) is 6.12. The van der Waals surface area contributed by atoms with Crippen molar-refractivity contribution in [2.75, 3.05) is 51.8 Å². The molecule has 150 valence electrons. The van der Waals surface area contributed by atoms with Gasteiger partial charge in [0.2, 0.25) is 0 Å². The lowest BCUT2D eigenvalue weighted by Gasteiger charge is -2.48. The zero-order chi connectivity index (χ0) is 19.1. The van der Waals surface area contributed by atoms with Gasteiger partial charge in [-0.25, -0.2) is 9.78 Å². The maximum Gasteiger partial charge on any atom is 0.315 e. The molecular weight excluding hydrogens is 342 g/mol. The molecule has 0 radical (unpaired) electrons. The Kier molecular flexibility index (Phi) is 6.90. The van der Waals surface area contributed by atoms with Crippen molar-refractivity contribution >= 4 is 11.8 Å². The van der Waals surface area contributed by atoms with Gasteiger partial charge in [-0.2, -0.15) is 0 Å². The highest BCUT2D eigenvalue weighted by Gasteiger charge is 2.38. The van der Waals surface area contributed by atoms with Crippen LogP contribution in [0.4, 0.5) is 10.6 Å². The predicted octanol–water partition coefficient (Wildman–Crippen LogP) is 1.98. The van der Waals surface area contributed by atoms with E-state index in [0.29, 0.717) is 13.1 Å². The summed E-state index contributed by atoms with van der Waals surface area (Å²) in [6, 6.07) is 3.83. The Labute approximate surface area is 162 Å². The van der Waals surface area contributed by atoms with Crippen LogP contribution in [0.15, 0.2) is 18.3 Å². The van der Waals surface area contributed by atoms with Gasteiger partial charge in [0.1, 0.15) is 5.82 Å². The van der Waals surface area contributed by atoms with Gasteiger partial charge in [-0.1, -0.05) is 19.3 Å². The minimum absolute atomic E-state index is 0.0914. The number of morpholine rings is 1. The van der Waals surface area contributed by atoms with E-state index in [2.05, 4.69) is 20.5 Å². The van der Waals surface area contributed by atoms with E-state index in [4.69, 9.17) is 4.74 Å². The first-order valence-electron chi connectivity index (χ1n) is 10.1. The predicted molar refractivity (Wildman–Crippen MR) is 107 cm³/mol. The fraction of sp³-hybridized carbons (Fsp3) is 0.700. The molecule has 7 heteroatoms. The average Bonchev–Trinajstić information content (AvgIpc) is 2.72. The van der Waals surface area contributed by atoms with Crippen molar-refractivity contribution in [1.82, 2.24) is 20.5 Å². The van der Waals surface area contributed by atoms with E-state index < -0.39 is 0 Å². The number of anilines is 1. The Morgan fingerprint density at radius 1 is 1.22 bits per heavy atom. The number of carbonyl (C=O) groups is 1. The topological polar surface area (TPSA) is 69.7 Å². The highest BCUT2D eigenvalue weighted by atomic mass is 16.5. The molecule has 7 nitrogen and oxygen atoms in total. The summed E-state index contributed by atoms with van der Waals surface area (Å²) in [5.41, 5.74) is 1.14. The van der Waals surface area contributed by atoms with Gasteiger partial charge >= 0.3 is 6.03 Å². The summed E-state index contributed by atoms with van der Waals surface area (Å²) < 4.78 is 5.53. The third kappa shape index (κ3) is 5.32. The van der Waals surface area contributed by atoms with Crippen molar-refractivity contribution in [3.05, 3.63) is 23.9 Å². The number of nitrogens with one attached hydrogen (secondary N) is 2. The van der Waals surface area contributed by atoms with Crippen LogP contribution in [0, 0.1) is 0 Å². The summed E-state index contributed by atoms with van der Waals surface area (Å²) >= 11 is 0. The number of amides is 2. The fourth-order valence-corrected chi connectivity index (χ4v) is 4.16. The van der Waals surface area contributed by atoms with Crippen molar-refractivity contribution in [3.8, 4) is 0 Å². The van der Waals surface area contributed by atoms with Crippen LogP contribution in [0.2, 0.25) is 0 Å². The SMILES string of the molecule is CN(C)c1cc(CNC(=O)NCC2(N3CCOCC3)CCCCC2)ccn1. The maximum absolute atomic E-state index is 12.4. The van der Waals surface area contributed by atoms with Crippen LogP contribution in [0.1, 0.15) is 37.7 Å². The Balaban J connectivity index is 1.52. The molecule has 1 saturated heterocycles. The zero-order valence-corrected chi connectivity index (χ0v) is 16.7. The van der Waals surface area contributed by atoms with Crippen molar-refractivity contribution in [2.45, 2.75) is 44.2 Å². The molecule has 1 aliphatic heterocycles. The number of pyridine rings is 1. The quantitative estimate of drug-likeness (QED) is 0.796. The van der Waals surface area contributed by atoms with Crippen molar-refractivity contribution in [2.24, 2.45) is 0 Å². The lowest BCUT2D eigenvalue weighted by atomic mass is 9.80. The van der Waals surface area contributed by atoms with Crippen LogP contribution in [-0.2, 0) is 11.3 Å². The van der Waals surface area contributed by atoms with Gasteiger partial charge < -0.3 is 20.3 Å². The highest BCUT2D eigenvalue weighted by Crippen LogP contribution is 2.33. The Morgan fingerprint density at radius 2 is 1.96 bits per heavy atom. The third-order valence-electron chi connectivity index (χ3n) is 5.77. The first kappa shape index (κ1) is 19.9. The van der Waals surface area contributed by atoms with Gasteiger partial charge in [0.15, 0.2) is 0 Å². The zero-order valence-electron chi connectivity index (χ0n) is 16.7. The second-order valence-electron chi connectivity index (χ2n) is 7.84. The second-order valence-corrected chi connectivity index (χ2v) is 7.84. The standard InChI is InChI=1S/C20H33N5O2/c1-24(2)18-14-17(6-9-21-18)15-22-19(26)23-16-20(7-4-3-5-8-20)25-10-12-27-13-11-25/h6,9,14H,3-5,7-8,10-13,15-16H2,1-2H3,(H2,22,23,26). The molecule has 2 amide bonds. The summed E-state index contributed by atoms with van der Waals surface area (Å²) in [6.07, 6.45) is 7.87. The van der Waals surface area contributed by atoms with Crippen molar-refractivity contribution in [3.63, 3.8) is 0 Å². The van der Waals surface area contributed by atoms with E-state index in [1.807, 2.05) is 31.1 Å². The number of carbonyl (C=O) groups excluding carboxylic acids is 1. The Bertz CT molecular complexity index is 610. The molecule has 3 rings (SSSR count). The number of rotatable bonds is 6. The van der Waals surface area contributed by atoms with Crippen LogP contribution in [0.3, 0.4) is 0 Å². The van der Waals surface area contributed by atoms with Crippen LogP contribution >= 0.6 is 0 Å². The van der Waals surface area contributed by atoms with Gasteiger partial charge in [-0.3, -0.25) is 4.90 Å². The molecule has 2 aliphatic rings. The Morgan fingerprint density at radius 3 is 2.67 bits per heavy atom. The number of nitrogens with zero attached hydrogens (tertiary/aromatic N) is 3. The van der Waals surface area contributed by atoms with Gasteiger partial charge in [0.05, 0.1) is 13.2 Å². The molecule has 0 atom stereocenters. The third-order valence-corrected chi connectivity index (χ3v) is 5.77. The first-order chi connectivity index (χ1) is 13.1. The number of hydrogen-bond donors (Lipinski definition) is 2. The van der Waals surface area contributed by atoms with Crippen molar-refractivity contribution in [1.29, 1.82) is 0 Å². The molecular formula is C20H33N5O2. The van der Waals surface area contributed by atoms with Crippen molar-refractivity contribution < 1.29 is 9.53 Å². The fourth-order valence-electron chi connectivity index (χ4n) is 4.16. The summed E-state index contributed by atoms with van der Waals surface area (Å²) in [5.74, 6) is 0.892. The molecule has 0 bridgehead atoms. The highest BCUT2D eigenvalue weighted by molar-refractivity contribution is 5.74. The van der Waals surface area contributed by atoms with E-state index >= 15 is 0 Å². The minimum atomic E-state index is -0.101. The van der Waals surface area contributed by atoms with E-state index in [0.717, 1.165) is 50.5 Å². The van der Waals surface area contributed by atoms with E-state index in [-0.39, 0.29) is 11.6 Å². The number of hydrogen-bond acceptors (Lipinski definition) is 5. The van der Waals surface area contributed by atoms with E-state index in [9.17, 15) is 4.79 Å². The average molecular weight is 376 g/mol. The molecule has 1 aromatic rings. The maximum atomic E-state index is 12.4. The molecule has 0 spiro atoms. The minimum Gasteiger partial charge on any atom is -0.379 e. The molecule has 1 aliphatic carbocycles. The van der Waals surface area contributed by atoms with Crippen LogP contribution < -0.4 is 15.5 Å². The summed E-state index contributed by atoms with van der Waals surface area (Å²) in [4.78, 5) is 21.2. The largest absolute Gasteiger partial charge is 0.379 e. The molecule has 2 heterocycles. The normalized spacial score (nSPS) is 20.1. The monoisotopic (exact) mass is 375 g/mol. The van der Waals surface area contributed by atoms with E-state index in [1.165, 1.54) is 19.3 Å². The number of urea groups is 1. The number of aromatic nitrogens is 1. The molecule has 0 aromatic carbocycles. The van der Waals surface area contributed by atoms with Gasteiger partial charge in [-0.05, 0) is 30.5 Å². The lowest BCUT2D eigenvalue weighted by Crippen LogP contribution is -2.60. The molecule has 2 N–H and O–H groups in total. The second kappa shape index (κ2) is 9.37. The first-order valence-corrected chi connectivity index (χ1v) is 10.1. The van der Waals surface area contributed by atoms with Gasteiger partial charge in [0.25, 0.3) is 0 Å². The summed E-state index contributed by atoms with van der Waals surface area (Å²) in [7, 11) is 3.92. The Hall–Kier alpha value is -1.86. The van der Waals surface area contributed by atoms with Gasteiger partial charge in [-0.15, -0.1) is 0 Å². The molecule has 27 heavy (non-hydrogen) atoms. The number of ether oxygens (including phenoxy) is 1.